The van der Waals surface area contributed by atoms with Crippen LogP contribution in [-0.4, -0.2) is 20.0 Å². The van der Waals surface area contributed by atoms with Crippen molar-refractivity contribution in [2.24, 2.45) is 0 Å². The van der Waals surface area contributed by atoms with Crippen LogP contribution in [0, 0.1) is 6.92 Å². The summed E-state index contributed by atoms with van der Waals surface area (Å²) in [5.41, 5.74) is 2.51. The number of benzene rings is 2. The van der Waals surface area contributed by atoms with Gasteiger partial charge in [-0.15, -0.1) is 0 Å². The Morgan fingerprint density at radius 3 is 2.48 bits per heavy atom. The van der Waals surface area contributed by atoms with Gasteiger partial charge in [0.05, 0.1) is 14.2 Å². The molecule has 0 aliphatic rings. The summed E-state index contributed by atoms with van der Waals surface area (Å²) in [7, 11) is 3.20. The van der Waals surface area contributed by atoms with Crippen molar-refractivity contribution in [1.29, 1.82) is 0 Å². The summed E-state index contributed by atoms with van der Waals surface area (Å²) in [5.74, 6) is 1.36. The summed E-state index contributed by atoms with van der Waals surface area (Å²) in [6.07, 6.45) is 3.32. The molecule has 3 heteroatoms. The molecule has 0 unspecified atom stereocenters. The van der Waals surface area contributed by atoms with Crippen LogP contribution in [0.3, 0.4) is 0 Å². The van der Waals surface area contributed by atoms with Crippen molar-refractivity contribution in [2.75, 3.05) is 14.2 Å². The highest BCUT2D eigenvalue weighted by Crippen LogP contribution is 2.25. The predicted octanol–water partition coefficient (Wildman–Crippen LogP) is 3.91. The van der Waals surface area contributed by atoms with Crippen LogP contribution in [-0.2, 0) is 0 Å². The number of methoxy groups -OCH3 is 2. The second kappa shape index (κ2) is 6.75. The minimum atomic E-state index is -0.0222. The summed E-state index contributed by atoms with van der Waals surface area (Å²) >= 11 is 0. The van der Waals surface area contributed by atoms with E-state index in [9.17, 15) is 4.79 Å². The Morgan fingerprint density at radius 2 is 1.81 bits per heavy atom. The molecule has 0 amide bonds. The topological polar surface area (TPSA) is 35.5 Å². The quantitative estimate of drug-likeness (QED) is 0.616. The number of carbonyl (C=O) groups excluding carboxylic acids is 1. The number of ether oxygens (including phenoxy) is 2. The maximum atomic E-state index is 12.2. The van der Waals surface area contributed by atoms with E-state index in [0.29, 0.717) is 17.1 Å². The van der Waals surface area contributed by atoms with E-state index < -0.39 is 0 Å². The lowest BCUT2D eigenvalue weighted by Gasteiger charge is -2.07. The lowest BCUT2D eigenvalue weighted by molar-refractivity contribution is 0.104. The number of hydrogen-bond donors (Lipinski definition) is 0. The minimum Gasteiger partial charge on any atom is -0.497 e. The third-order valence-corrected chi connectivity index (χ3v) is 3.27. The van der Waals surface area contributed by atoms with E-state index in [1.165, 1.54) is 0 Å². The molecule has 0 aliphatic heterocycles. The molecule has 3 nitrogen and oxygen atoms in total. The predicted molar refractivity (Wildman–Crippen MR) is 84.1 cm³/mol. The Kier molecular flexibility index (Phi) is 4.77. The Bertz CT molecular complexity index is 672. The number of rotatable bonds is 5. The van der Waals surface area contributed by atoms with E-state index in [1.54, 1.807) is 32.4 Å². The van der Waals surface area contributed by atoms with Crippen LogP contribution in [0.15, 0.2) is 48.5 Å². The second-order valence-electron chi connectivity index (χ2n) is 4.62. The van der Waals surface area contributed by atoms with Crippen molar-refractivity contribution < 1.29 is 14.3 Å². The van der Waals surface area contributed by atoms with Crippen molar-refractivity contribution in [2.45, 2.75) is 6.92 Å². The third-order valence-electron chi connectivity index (χ3n) is 3.27. The van der Waals surface area contributed by atoms with Crippen molar-refractivity contribution >= 4 is 11.9 Å². The smallest absolute Gasteiger partial charge is 0.186 e. The molecular formula is C18H18O3. The van der Waals surface area contributed by atoms with Gasteiger partial charge in [0.1, 0.15) is 11.5 Å². The molecular weight excluding hydrogens is 264 g/mol. The number of allylic oxidation sites excluding steroid dienone is 1. The summed E-state index contributed by atoms with van der Waals surface area (Å²) in [6, 6.07) is 13.0. The van der Waals surface area contributed by atoms with Gasteiger partial charge >= 0.3 is 0 Å². The Balaban J connectivity index is 2.25. The molecule has 0 atom stereocenters. The Labute approximate surface area is 124 Å². The zero-order chi connectivity index (χ0) is 15.2. The molecule has 0 heterocycles. The zero-order valence-electron chi connectivity index (χ0n) is 12.4. The Morgan fingerprint density at radius 1 is 1.05 bits per heavy atom. The van der Waals surface area contributed by atoms with Gasteiger partial charge in [-0.05, 0) is 36.8 Å². The fourth-order valence-corrected chi connectivity index (χ4v) is 2.06. The molecule has 2 aromatic rings. The van der Waals surface area contributed by atoms with Gasteiger partial charge in [-0.1, -0.05) is 24.3 Å². The van der Waals surface area contributed by atoms with Crippen molar-refractivity contribution in [1.82, 2.24) is 0 Å². The SMILES string of the molecule is COc1ccc(C=CC(=O)c2ccccc2C)c(OC)c1. The minimum absolute atomic E-state index is 0.0222. The molecule has 0 aromatic heterocycles. The molecule has 0 bridgehead atoms. The van der Waals surface area contributed by atoms with Crippen LogP contribution < -0.4 is 9.47 Å². The second-order valence-corrected chi connectivity index (χ2v) is 4.62. The fraction of sp³-hybridized carbons (Fsp3) is 0.167. The fourth-order valence-electron chi connectivity index (χ4n) is 2.06. The van der Waals surface area contributed by atoms with Gasteiger partial charge in [-0.2, -0.15) is 0 Å². The normalized spacial score (nSPS) is 10.6. The summed E-state index contributed by atoms with van der Waals surface area (Å²) in [6.45, 7) is 1.93. The molecule has 0 saturated heterocycles. The average molecular weight is 282 g/mol. The number of hydrogen-bond acceptors (Lipinski definition) is 3. The average Bonchev–Trinajstić information content (AvgIpc) is 2.52. The standard InChI is InChI=1S/C18H18O3/c1-13-6-4-5-7-16(13)17(19)11-9-14-8-10-15(20-2)12-18(14)21-3/h4-12H,1-3H3. The molecule has 2 rings (SSSR count). The van der Waals surface area contributed by atoms with Gasteiger partial charge in [0.25, 0.3) is 0 Å². The number of aryl methyl sites for hydroxylation is 1. The maximum Gasteiger partial charge on any atom is 0.186 e. The molecule has 0 radical (unpaired) electrons. The van der Waals surface area contributed by atoms with Crippen LogP contribution in [0.4, 0.5) is 0 Å². The van der Waals surface area contributed by atoms with Crippen molar-refractivity contribution in [3.8, 4) is 11.5 Å². The van der Waals surface area contributed by atoms with Crippen LogP contribution in [0.1, 0.15) is 21.5 Å². The van der Waals surface area contributed by atoms with E-state index in [-0.39, 0.29) is 5.78 Å². The lowest BCUT2D eigenvalue weighted by atomic mass is 10.0. The molecule has 108 valence electrons. The highest BCUT2D eigenvalue weighted by Gasteiger charge is 2.06. The highest BCUT2D eigenvalue weighted by atomic mass is 16.5. The van der Waals surface area contributed by atoms with Gasteiger partial charge in [-0.25, -0.2) is 0 Å². The molecule has 0 saturated carbocycles. The largest absolute Gasteiger partial charge is 0.497 e. The molecule has 21 heavy (non-hydrogen) atoms. The molecule has 0 spiro atoms. The van der Waals surface area contributed by atoms with E-state index in [4.69, 9.17) is 9.47 Å². The monoisotopic (exact) mass is 282 g/mol. The van der Waals surface area contributed by atoms with E-state index >= 15 is 0 Å². The van der Waals surface area contributed by atoms with Gasteiger partial charge in [0, 0.05) is 17.2 Å². The van der Waals surface area contributed by atoms with E-state index in [1.807, 2.05) is 43.3 Å². The van der Waals surface area contributed by atoms with Crippen molar-refractivity contribution in [3.05, 3.63) is 65.2 Å². The van der Waals surface area contributed by atoms with Gasteiger partial charge in [0.15, 0.2) is 5.78 Å². The first-order valence-electron chi connectivity index (χ1n) is 6.65. The first-order chi connectivity index (χ1) is 10.2. The first kappa shape index (κ1) is 14.9. The van der Waals surface area contributed by atoms with Crippen LogP contribution in [0.25, 0.3) is 6.08 Å². The first-order valence-corrected chi connectivity index (χ1v) is 6.65. The van der Waals surface area contributed by atoms with Crippen LogP contribution >= 0.6 is 0 Å². The van der Waals surface area contributed by atoms with E-state index in [2.05, 4.69) is 0 Å². The van der Waals surface area contributed by atoms with Crippen molar-refractivity contribution in [3.63, 3.8) is 0 Å². The molecule has 0 N–H and O–H groups in total. The third kappa shape index (κ3) is 3.51. The zero-order valence-corrected chi connectivity index (χ0v) is 12.4. The summed E-state index contributed by atoms with van der Waals surface area (Å²) in [5, 5.41) is 0. The molecule has 2 aromatic carbocycles. The van der Waals surface area contributed by atoms with Gasteiger partial charge in [-0.3, -0.25) is 4.79 Å². The van der Waals surface area contributed by atoms with Crippen LogP contribution in [0.2, 0.25) is 0 Å². The van der Waals surface area contributed by atoms with Gasteiger partial charge in [0.2, 0.25) is 0 Å². The lowest BCUT2D eigenvalue weighted by Crippen LogP contribution is -1.97. The van der Waals surface area contributed by atoms with Gasteiger partial charge < -0.3 is 9.47 Å². The summed E-state index contributed by atoms with van der Waals surface area (Å²) in [4.78, 5) is 12.2. The molecule has 0 aliphatic carbocycles. The number of carbonyl (C=O) groups is 1. The number of ketones is 1. The highest BCUT2D eigenvalue weighted by molar-refractivity contribution is 6.07. The summed E-state index contributed by atoms with van der Waals surface area (Å²) < 4.78 is 10.5. The Hall–Kier alpha value is -2.55. The molecule has 0 fully saturated rings. The van der Waals surface area contributed by atoms with Crippen LogP contribution in [0.5, 0.6) is 11.5 Å². The van der Waals surface area contributed by atoms with E-state index in [0.717, 1.165) is 11.1 Å². The maximum absolute atomic E-state index is 12.2.